The Morgan fingerprint density at radius 3 is 1.57 bits per heavy atom. The Labute approximate surface area is 71.2 Å². The van der Waals surface area contributed by atoms with Gasteiger partial charge in [-0.05, 0) is 25.9 Å². The van der Waals surface area contributed by atoms with E-state index in [0.717, 1.165) is 0 Å². The van der Waals surface area contributed by atoms with Crippen LogP contribution in [0.3, 0.4) is 0 Å². The standard InChI is InChI=1S/C4H9N.BrH.Mg/c1-2-4-5-3-1;;/h5H,1-4H2;1H;/q;;+2/p-1. The molecule has 0 bridgehead atoms. The Hall–Kier alpha value is 1.21. The molecule has 1 rings (SSSR count). The Morgan fingerprint density at radius 1 is 1.00 bits per heavy atom. The van der Waals surface area contributed by atoms with Gasteiger partial charge in [0.1, 0.15) is 0 Å². The van der Waals surface area contributed by atoms with Crippen LogP contribution in [0.1, 0.15) is 12.8 Å². The molecule has 1 heterocycles. The SMILES string of the molecule is C1CCNC1.[Br-].[Mg+2]. The second kappa shape index (κ2) is 7.21. The first-order valence-corrected chi connectivity index (χ1v) is 2.21. The molecule has 0 aromatic carbocycles. The van der Waals surface area contributed by atoms with Gasteiger partial charge in [-0.2, -0.15) is 0 Å². The average molecular weight is 175 g/mol. The van der Waals surface area contributed by atoms with Gasteiger partial charge in [0.05, 0.1) is 0 Å². The summed E-state index contributed by atoms with van der Waals surface area (Å²) < 4.78 is 0. The van der Waals surface area contributed by atoms with Crippen LogP contribution in [0.4, 0.5) is 0 Å². The number of halogens is 1. The van der Waals surface area contributed by atoms with E-state index in [4.69, 9.17) is 0 Å². The maximum absolute atomic E-state index is 3.22. The summed E-state index contributed by atoms with van der Waals surface area (Å²) in [6.07, 6.45) is 2.78. The molecule has 1 aliphatic rings. The van der Waals surface area contributed by atoms with Crippen molar-refractivity contribution in [3.05, 3.63) is 0 Å². The molecule has 0 unspecified atom stereocenters. The molecule has 0 saturated carbocycles. The third-order valence-corrected chi connectivity index (χ3v) is 0.957. The first kappa shape index (κ1) is 11.1. The van der Waals surface area contributed by atoms with Crippen LogP contribution in [-0.2, 0) is 0 Å². The number of hydrogen-bond acceptors (Lipinski definition) is 1. The van der Waals surface area contributed by atoms with Crippen molar-refractivity contribution in [3.63, 3.8) is 0 Å². The molecule has 0 amide bonds. The molecule has 7 heavy (non-hydrogen) atoms. The Morgan fingerprint density at radius 2 is 1.43 bits per heavy atom. The largest absolute Gasteiger partial charge is 2.00 e. The molecule has 0 aromatic rings. The van der Waals surface area contributed by atoms with Crippen molar-refractivity contribution in [1.29, 1.82) is 0 Å². The summed E-state index contributed by atoms with van der Waals surface area (Å²) >= 11 is 0. The van der Waals surface area contributed by atoms with Crippen molar-refractivity contribution in [2.24, 2.45) is 0 Å². The van der Waals surface area contributed by atoms with E-state index in [1.165, 1.54) is 25.9 Å². The van der Waals surface area contributed by atoms with Crippen molar-refractivity contribution >= 4 is 23.1 Å². The van der Waals surface area contributed by atoms with Gasteiger partial charge < -0.3 is 22.3 Å². The maximum atomic E-state index is 3.22. The molecule has 1 nitrogen and oxygen atoms in total. The molecular formula is C4H9BrMgN+. The molecule has 3 heteroatoms. The third-order valence-electron chi connectivity index (χ3n) is 0.957. The Bertz CT molecular complexity index is 23.3. The van der Waals surface area contributed by atoms with E-state index in [9.17, 15) is 0 Å². The fraction of sp³-hybridized carbons (Fsp3) is 1.00. The van der Waals surface area contributed by atoms with Crippen molar-refractivity contribution in [1.82, 2.24) is 5.32 Å². The summed E-state index contributed by atoms with van der Waals surface area (Å²) in [4.78, 5) is 0. The van der Waals surface area contributed by atoms with Gasteiger partial charge in [-0.1, -0.05) is 0 Å². The topological polar surface area (TPSA) is 12.0 Å². The maximum Gasteiger partial charge on any atom is 2.00 e. The minimum Gasteiger partial charge on any atom is -1.00 e. The van der Waals surface area contributed by atoms with Gasteiger partial charge >= 0.3 is 23.1 Å². The van der Waals surface area contributed by atoms with E-state index in [1.54, 1.807) is 0 Å². The number of rotatable bonds is 0. The number of nitrogens with one attached hydrogen (secondary N) is 1. The molecule has 1 N–H and O–H groups in total. The van der Waals surface area contributed by atoms with Crippen LogP contribution in [0.25, 0.3) is 0 Å². The van der Waals surface area contributed by atoms with Crippen molar-refractivity contribution in [2.45, 2.75) is 12.8 Å². The quantitative estimate of drug-likeness (QED) is 0.387. The third kappa shape index (κ3) is 5.07. The summed E-state index contributed by atoms with van der Waals surface area (Å²) in [7, 11) is 0. The molecule has 0 spiro atoms. The molecule has 0 aromatic heterocycles. The predicted molar refractivity (Wildman–Crippen MR) is 27.9 cm³/mol. The fourth-order valence-corrected chi connectivity index (χ4v) is 0.625. The van der Waals surface area contributed by atoms with E-state index >= 15 is 0 Å². The van der Waals surface area contributed by atoms with Crippen LogP contribution >= 0.6 is 0 Å². The minimum absolute atomic E-state index is 0. The van der Waals surface area contributed by atoms with Crippen LogP contribution in [-0.4, -0.2) is 36.1 Å². The zero-order valence-corrected chi connectivity index (χ0v) is 7.41. The molecule has 0 atom stereocenters. The summed E-state index contributed by atoms with van der Waals surface area (Å²) in [5, 5.41) is 3.22. The van der Waals surface area contributed by atoms with Crippen LogP contribution in [0.5, 0.6) is 0 Å². The van der Waals surface area contributed by atoms with Gasteiger partial charge in [-0.3, -0.25) is 0 Å². The Kier molecular flexibility index (Phi) is 11.4. The summed E-state index contributed by atoms with van der Waals surface area (Å²) in [6.45, 7) is 2.50. The first-order chi connectivity index (χ1) is 2.50. The molecular weight excluding hydrogens is 166 g/mol. The van der Waals surface area contributed by atoms with Gasteiger partial charge in [0.25, 0.3) is 0 Å². The van der Waals surface area contributed by atoms with Gasteiger partial charge in [-0.15, -0.1) is 0 Å². The second-order valence-corrected chi connectivity index (χ2v) is 1.46. The molecule has 1 aliphatic heterocycles. The monoisotopic (exact) mass is 174 g/mol. The van der Waals surface area contributed by atoms with Gasteiger partial charge in [0.2, 0.25) is 0 Å². The summed E-state index contributed by atoms with van der Waals surface area (Å²) in [5.74, 6) is 0. The number of hydrogen-bond donors (Lipinski definition) is 1. The molecule has 0 radical (unpaired) electrons. The zero-order valence-electron chi connectivity index (χ0n) is 4.41. The predicted octanol–water partition coefficient (Wildman–Crippen LogP) is -3.01. The normalized spacial score (nSPS) is 17.1. The van der Waals surface area contributed by atoms with Crippen LogP contribution < -0.4 is 22.3 Å². The first-order valence-electron chi connectivity index (χ1n) is 2.21. The summed E-state index contributed by atoms with van der Waals surface area (Å²) in [5.41, 5.74) is 0. The minimum atomic E-state index is 0. The average Bonchev–Trinajstić information content (AvgIpc) is 1.76. The molecule has 38 valence electrons. The second-order valence-electron chi connectivity index (χ2n) is 1.46. The Balaban J connectivity index is 0. The van der Waals surface area contributed by atoms with Crippen molar-refractivity contribution in [3.8, 4) is 0 Å². The van der Waals surface area contributed by atoms with Gasteiger partial charge in [-0.25, -0.2) is 0 Å². The van der Waals surface area contributed by atoms with Crippen LogP contribution in [0.2, 0.25) is 0 Å². The summed E-state index contributed by atoms with van der Waals surface area (Å²) in [6, 6.07) is 0. The van der Waals surface area contributed by atoms with Gasteiger partial charge in [0.15, 0.2) is 0 Å². The molecule has 1 fully saturated rings. The van der Waals surface area contributed by atoms with E-state index in [-0.39, 0.29) is 40.0 Å². The molecule has 0 aliphatic carbocycles. The fourth-order valence-electron chi connectivity index (χ4n) is 0.625. The smallest absolute Gasteiger partial charge is 1.00 e. The van der Waals surface area contributed by atoms with Crippen LogP contribution in [0, 0.1) is 0 Å². The van der Waals surface area contributed by atoms with Crippen molar-refractivity contribution in [2.75, 3.05) is 13.1 Å². The van der Waals surface area contributed by atoms with E-state index < -0.39 is 0 Å². The van der Waals surface area contributed by atoms with Crippen LogP contribution in [0.15, 0.2) is 0 Å². The van der Waals surface area contributed by atoms with E-state index in [0.29, 0.717) is 0 Å². The molecule has 1 saturated heterocycles. The van der Waals surface area contributed by atoms with Crippen molar-refractivity contribution < 1.29 is 17.0 Å². The van der Waals surface area contributed by atoms with Gasteiger partial charge in [0, 0.05) is 0 Å². The zero-order chi connectivity index (χ0) is 3.54. The van der Waals surface area contributed by atoms with E-state index in [1.807, 2.05) is 0 Å². The van der Waals surface area contributed by atoms with E-state index in [2.05, 4.69) is 5.32 Å².